The number of pyridine rings is 1. The molecule has 5 N–H and O–H groups in total. The van der Waals surface area contributed by atoms with E-state index < -0.39 is 41.3 Å². The normalized spacial score (nSPS) is 24.0. The van der Waals surface area contributed by atoms with Crippen LogP contribution in [-0.4, -0.2) is 65.9 Å². The number of alkyl carbamates (subject to hydrolysis) is 1. The number of unbranched alkanes of at least 4 members (excludes halogenated alkanes) is 1. The molecular formula is C38H48N4O8. The van der Waals surface area contributed by atoms with E-state index in [4.69, 9.17) is 24.3 Å². The lowest BCUT2D eigenvalue weighted by Gasteiger charge is -2.47. The number of benzene rings is 1. The Morgan fingerprint density at radius 2 is 1.86 bits per heavy atom. The van der Waals surface area contributed by atoms with Crippen molar-refractivity contribution in [2.45, 2.75) is 65.2 Å². The van der Waals surface area contributed by atoms with E-state index in [1.807, 2.05) is 75.4 Å². The van der Waals surface area contributed by atoms with Gasteiger partial charge in [0.2, 0.25) is 12.2 Å². The minimum absolute atomic E-state index is 0.0268. The fourth-order valence-corrected chi connectivity index (χ4v) is 7.55. The molecule has 3 heterocycles. The van der Waals surface area contributed by atoms with E-state index in [0.29, 0.717) is 56.6 Å². The molecule has 1 aliphatic carbocycles. The van der Waals surface area contributed by atoms with E-state index in [1.54, 1.807) is 18.5 Å². The molecule has 50 heavy (non-hydrogen) atoms. The number of carboxylic acid groups (broad SMARTS) is 1. The Morgan fingerprint density at radius 3 is 2.54 bits per heavy atom. The van der Waals surface area contributed by atoms with Crippen LogP contribution in [0.5, 0.6) is 0 Å². The summed E-state index contributed by atoms with van der Waals surface area (Å²) in [7, 11) is 1.24. The summed E-state index contributed by atoms with van der Waals surface area (Å²) in [6.07, 6.45) is 7.65. The van der Waals surface area contributed by atoms with Gasteiger partial charge in [0.25, 0.3) is 0 Å². The Balaban J connectivity index is 1.60. The van der Waals surface area contributed by atoms with Crippen LogP contribution in [0.1, 0.15) is 57.7 Å². The van der Waals surface area contributed by atoms with Crippen molar-refractivity contribution in [3.63, 3.8) is 0 Å². The van der Waals surface area contributed by atoms with Crippen molar-refractivity contribution in [3.05, 3.63) is 95.9 Å². The number of rotatable bonds is 13. The lowest BCUT2D eigenvalue weighted by molar-refractivity contribution is -0.124. The third-order valence-corrected chi connectivity index (χ3v) is 10.00. The highest BCUT2D eigenvalue weighted by atomic mass is 16.7. The molecule has 1 aromatic heterocycles. The van der Waals surface area contributed by atoms with E-state index in [-0.39, 0.29) is 23.5 Å². The first-order valence-electron chi connectivity index (χ1n) is 17.1. The maximum atomic E-state index is 13.9. The summed E-state index contributed by atoms with van der Waals surface area (Å²) in [6, 6.07) is 14.6. The Morgan fingerprint density at radius 1 is 1.10 bits per heavy atom. The summed E-state index contributed by atoms with van der Waals surface area (Å²) < 4.78 is 16.7. The molecule has 12 nitrogen and oxygen atoms in total. The van der Waals surface area contributed by atoms with Crippen molar-refractivity contribution in [3.8, 4) is 0 Å². The zero-order chi connectivity index (χ0) is 35.9. The molecule has 3 aliphatic rings. The van der Waals surface area contributed by atoms with Crippen molar-refractivity contribution >= 4 is 23.7 Å². The fourth-order valence-electron chi connectivity index (χ4n) is 7.55. The number of carbonyl (C=O) groups is 3. The summed E-state index contributed by atoms with van der Waals surface area (Å²) in [6.45, 7) is 6.27. The smallest absolute Gasteiger partial charge is 0.407 e. The van der Waals surface area contributed by atoms with Gasteiger partial charge in [-0.1, -0.05) is 63.6 Å². The van der Waals surface area contributed by atoms with Gasteiger partial charge in [-0.2, -0.15) is 0 Å². The van der Waals surface area contributed by atoms with Crippen LogP contribution in [0.3, 0.4) is 0 Å². The molecule has 3 amide bonds. The topological polar surface area (TPSA) is 168 Å². The zero-order valence-corrected chi connectivity index (χ0v) is 29.1. The molecule has 0 saturated carbocycles. The Hall–Kier alpha value is -4.84. The minimum atomic E-state index is -1.06. The maximum absolute atomic E-state index is 13.9. The molecule has 6 atom stereocenters. The molecule has 1 aromatic carbocycles. The number of aromatic nitrogens is 1. The number of methoxy groups -OCH3 is 1. The number of carbonyl (C=O) groups excluding carboxylic acids is 2. The van der Waals surface area contributed by atoms with Crippen LogP contribution in [0.25, 0.3) is 5.57 Å². The molecule has 1 saturated heterocycles. The highest BCUT2D eigenvalue weighted by molar-refractivity contribution is 5.90. The summed E-state index contributed by atoms with van der Waals surface area (Å²) in [5.41, 5.74) is 1.27. The van der Waals surface area contributed by atoms with Crippen molar-refractivity contribution < 1.29 is 38.8 Å². The number of nitrogens with zero attached hydrogens (tertiary/aromatic N) is 1. The van der Waals surface area contributed by atoms with Gasteiger partial charge in [-0.25, -0.2) is 9.59 Å². The average Bonchev–Trinajstić information content (AvgIpc) is 3.71. The van der Waals surface area contributed by atoms with Crippen LogP contribution in [0.2, 0.25) is 0 Å². The minimum Gasteiger partial charge on any atom is -0.512 e. The third-order valence-electron chi connectivity index (χ3n) is 10.00. The lowest BCUT2D eigenvalue weighted by atomic mass is 9.57. The number of amides is 3. The molecule has 2 aliphatic heterocycles. The summed E-state index contributed by atoms with van der Waals surface area (Å²) in [5, 5.41) is 29.7. The molecule has 0 radical (unpaired) electrons. The van der Waals surface area contributed by atoms with E-state index in [1.165, 1.54) is 7.11 Å². The third kappa shape index (κ3) is 8.30. The number of allylic oxidation sites excluding steroid dienone is 3. The number of hydrogen-bond acceptors (Lipinski definition) is 8. The highest BCUT2D eigenvalue weighted by Gasteiger charge is 2.54. The van der Waals surface area contributed by atoms with Gasteiger partial charge in [-0.15, -0.1) is 0 Å². The van der Waals surface area contributed by atoms with E-state index in [0.717, 1.165) is 11.1 Å². The van der Waals surface area contributed by atoms with Gasteiger partial charge in [0, 0.05) is 41.4 Å². The van der Waals surface area contributed by atoms with Gasteiger partial charge < -0.3 is 40.4 Å². The van der Waals surface area contributed by atoms with Gasteiger partial charge in [0.15, 0.2) is 0 Å². The van der Waals surface area contributed by atoms with E-state index in [9.17, 15) is 19.5 Å². The standard InChI is InChI=1S/C38H48N4O8/c1-37(2,3)32(42-36(47)48-4)33(44)41-30-20-31(43)38(21-24-12-6-5-7-13-24,22-26(30)29-15-9-11-17-39-29)28(14-8-10-18-40-35(45)46)27-23-50-34-25(27)16-19-49-34/h5-7,9,11-13,15-17,19-20,25,27-28,32,34,40,43H,8,10,14,18,21-23H2,1-4H3,(H,41,44)(H,42,47)(H,45,46)/t25-,27-,28?,32?,34+,38?/m0/s1. The SMILES string of the molecule is COC(=O)NC(C(=O)NC1=C(c2ccccn2)CC(Cc2ccccc2)(C(CCCCNC(=O)O)[C@H]2CO[C@H]3OC=C[C@H]32)C(O)=C1)C(C)(C)C. The van der Waals surface area contributed by atoms with Crippen LogP contribution in [-0.2, 0) is 25.4 Å². The largest absolute Gasteiger partial charge is 0.512 e. The molecule has 3 unspecified atom stereocenters. The second-order valence-corrected chi connectivity index (χ2v) is 14.3. The Labute approximate surface area is 293 Å². The van der Waals surface area contributed by atoms with Gasteiger partial charge in [-0.3, -0.25) is 9.78 Å². The summed E-state index contributed by atoms with van der Waals surface area (Å²) >= 11 is 0. The van der Waals surface area contributed by atoms with Crippen molar-refractivity contribution in [1.82, 2.24) is 20.9 Å². The Bertz CT molecular complexity index is 1600. The zero-order valence-electron chi connectivity index (χ0n) is 29.1. The predicted octanol–water partition coefficient (Wildman–Crippen LogP) is 5.94. The van der Waals surface area contributed by atoms with Crippen LogP contribution in [0.4, 0.5) is 9.59 Å². The van der Waals surface area contributed by atoms with Gasteiger partial charge in [-0.05, 0) is 66.7 Å². The van der Waals surface area contributed by atoms with Crippen LogP contribution in [0.15, 0.2) is 84.6 Å². The second kappa shape index (κ2) is 15.8. The van der Waals surface area contributed by atoms with E-state index >= 15 is 0 Å². The Kier molecular flexibility index (Phi) is 11.5. The van der Waals surface area contributed by atoms with E-state index in [2.05, 4.69) is 16.0 Å². The first-order valence-corrected chi connectivity index (χ1v) is 17.1. The molecular weight excluding hydrogens is 640 g/mol. The van der Waals surface area contributed by atoms with Crippen LogP contribution >= 0.6 is 0 Å². The molecule has 0 bridgehead atoms. The number of aliphatic hydroxyl groups is 1. The van der Waals surface area contributed by atoms with Crippen molar-refractivity contribution in [1.29, 1.82) is 0 Å². The fraction of sp³-hybridized carbons (Fsp3) is 0.474. The number of aliphatic hydroxyl groups excluding tert-OH is 1. The average molecular weight is 689 g/mol. The number of hydrogen-bond donors (Lipinski definition) is 5. The summed E-state index contributed by atoms with van der Waals surface area (Å²) in [4.78, 5) is 42.0. The predicted molar refractivity (Wildman–Crippen MR) is 186 cm³/mol. The second-order valence-electron chi connectivity index (χ2n) is 14.3. The number of fused-ring (bicyclic) bond motifs is 1. The first kappa shape index (κ1) is 36.4. The lowest BCUT2D eigenvalue weighted by Crippen LogP contribution is -2.53. The molecule has 5 rings (SSSR count). The van der Waals surface area contributed by atoms with Crippen molar-refractivity contribution in [2.75, 3.05) is 20.3 Å². The van der Waals surface area contributed by atoms with Gasteiger partial charge in [0.1, 0.15) is 11.8 Å². The molecule has 268 valence electrons. The van der Waals surface area contributed by atoms with Gasteiger partial charge in [0.05, 0.1) is 25.7 Å². The van der Waals surface area contributed by atoms with Gasteiger partial charge >= 0.3 is 12.2 Å². The molecule has 1 fully saturated rings. The van der Waals surface area contributed by atoms with Crippen LogP contribution < -0.4 is 16.0 Å². The summed E-state index contributed by atoms with van der Waals surface area (Å²) in [5.74, 6) is -0.554. The van der Waals surface area contributed by atoms with Crippen molar-refractivity contribution in [2.24, 2.45) is 28.6 Å². The van der Waals surface area contributed by atoms with Crippen LogP contribution in [0, 0.1) is 28.6 Å². The maximum Gasteiger partial charge on any atom is 0.407 e. The monoisotopic (exact) mass is 688 g/mol. The molecule has 12 heteroatoms. The highest BCUT2D eigenvalue weighted by Crippen LogP contribution is 2.56. The number of ether oxygens (including phenoxy) is 3. The molecule has 0 spiro atoms. The first-order chi connectivity index (χ1) is 23.9. The quantitative estimate of drug-likeness (QED) is 0.160. The molecule has 2 aromatic rings. The number of nitrogens with one attached hydrogen (secondary N) is 3.